The van der Waals surface area contributed by atoms with E-state index in [9.17, 15) is 18.0 Å². The lowest BCUT2D eigenvalue weighted by molar-refractivity contribution is -0.141. The molecule has 0 atom stereocenters. The number of fused-ring (bicyclic) bond motifs is 1. The van der Waals surface area contributed by atoms with Crippen LogP contribution in [-0.4, -0.2) is 15.3 Å². The van der Waals surface area contributed by atoms with Gasteiger partial charge >= 0.3 is 6.18 Å². The first-order valence-corrected chi connectivity index (χ1v) is 6.24. The maximum absolute atomic E-state index is 12.5. The van der Waals surface area contributed by atoms with Gasteiger partial charge < -0.3 is 4.57 Å². The monoisotopic (exact) mass is 280 g/mol. The zero-order valence-electron chi connectivity index (χ0n) is 10.4. The predicted octanol–water partition coefficient (Wildman–Crippen LogP) is 3.41. The highest BCUT2D eigenvalue weighted by atomic mass is 19.4. The minimum Gasteiger partial charge on any atom is -0.319 e. The quantitative estimate of drug-likeness (QED) is 0.802. The van der Waals surface area contributed by atoms with E-state index >= 15 is 0 Å². The van der Waals surface area contributed by atoms with Gasteiger partial charge in [0.1, 0.15) is 5.69 Å². The fourth-order valence-electron chi connectivity index (χ4n) is 2.46. The lowest BCUT2D eigenvalue weighted by Crippen LogP contribution is -2.13. The Balaban J connectivity index is 2.00. The van der Waals surface area contributed by atoms with E-state index in [1.807, 2.05) is 0 Å². The number of pyridine rings is 1. The Kier molecular flexibility index (Phi) is 2.88. The SMILES string of the molecule is O=C1CCCc2c1ccn2-c1ccc(C(F)(F)F)nc1. The van der Waals surface area contributed by atoms with Gasteiger partial charge in [0.15, 0.2) is 5.78 Å². The van der Waals surface area contributed by atoms with Gasteiger partial charge in [0.2, 0.25) is 0 Å². The van der Waals surface area contributed by atoms with Crippen LogP contribution in [0, 0.1) is 0 Å². The second-order valence-electron chi connectivity index (χ2n) is 4.72. The summed E-state index contributed by atoms with van der Waals surface area (Å²) in [7, 11) is 0. The van der Waals surface area contributed by atoms with Gasteiger partial charge in [-0.05, 0) is 31.0 Å². The molecule has 0 radical (unpaired) electrons. The number of rotatable bonds is 1. The normalized spacial score (nSPS) is 15.2. The zero-order valence-corrected chi connectivity index (χ0v) is 10.4. The first kappa shape index (κ1) is 12.9. The van der Waals surface area contributed by atoms with Crippen molar-refractivity contribution in [2.75, 3.05) is 0 Å². The number of hydrogen-bond donors (Lipinski definition) is 0. The minimum absolute atomic E-state index is 0.0878. The molecule has 0 aliphatic heterocycles. The first-order chi connectivity index (χ1) is 9.47. The highest BCUT2D eigenvalue weighted by molar-refractivity contribution is 5.98. The summed E-state index contributed by atoms with van der Waals surface area (Å²) in [5.41, 5.74) is 1.13. The molecular formula is C14H11F3N2O. The molecule has 3 rings (SSSR count). The van der Waals surface area contributed by atoms with Crippen LogP contribution < -0.4 is 0 Å². The van der Waals surface area contributed by atoms with Crippen LogP contribution in [-0.2, 0) is 12.6 Å². The van der Waals surface area contributed by atoms with Crippen LogP contribution in [0.15, 0.2) is 30.6 Å². The van der Waals surface area contributed by atoms with E-state index in [2.05, 4.69) is 4.98 Å². The van der Waals surface area contributed by atoms with Crippen LogP contribution in [0.3, 0.4) is 0 Å². The largest absolute Gasteiger partial charge is 0.433 e. The van der Waals surface area contributed by atoms with Crippen molar-refractivity contribution >= 4 is 5.78 Å². The molecule has 2 heterocycles. The molecule has 0 spiro atoms. The Morgan fingerprint density at radius 2 is 1.95 bits per heavy atom. The minimum atomic E-state index is -4.44. The van der Waals surface area contributed by atoms with Gasteiger partial charge in [0.05, 0.1) is 11.9 Å². The van der Waals surface area contributed by atoms with Gasteiger partial charge in [0, 0.05) is 23.9 Å². The molecule has 2 aromatic rings. The van der Waals surface area contributed by atoms with Gasteiger partial charge in [-0.1, -0.05) is 0 Å². The number of aromatic nitrogens is 2. The van der Waals surface area contributed by atoms with Gasteiger partial charge in [-0.15, -0.1) is 0 Å². The van der Waals surface area contributed by atoms with Crippen LogP contribution in [0.25, 0.3) is 5.69 Å². The second kappa shape index (κ2) is 4.47. The van der Waals surface area contributed by atoms with Crippen molar-refractivity contribution in [3.63, 3.8) is 0 Å². The predicted molar refractivity (Wildman–Crippen MR) is 65.8 cm³/mol. The van der Waals surface area contributed by atoms with Crippen LogP contribution in [0.4, 0.5) is 13.2 Å². The van der Waals surface area contributed by atoms with Crippen molar-refractivity contribution in [1.29, 1.82) is 0 Å². The number of hydrogen-bond acceptors (Lipinski definition) is 2. The number of Topliss-reactive ketones (excluding diaryl/α,β-unsaturated/α-hetero) is 1. The smallest absolute Gasteiger partial charge is 0.319 e. The summed E-state index contributed by atoms with van der Waals surface area (Å²) in [5, 5.41) is 0. The Morgan fingerprint density at radius 1 is 1.15 bits per heavy atom. The molecule has 2 aromatic heterocycles. The molecule has 0 saturated carbocycles. The molecule has 0 unspecified atom stereocenters. The molecule has 6 heteroatoms. The number of nitrogens with zero attached hydrogens (tertiary/aromatic N) is 2. The number of alkyl halides is 3. The summed E-state index contributed by atoms with van der Waals surface area (Å²) < 4.78 is 39.2. The van der Waals surface area contributed by atoms with E-state index in [1.54, 1.807) is 16.8 Å². The Morgan fingerprint density at radius 3 is 2.60 bits per heavy atom. The molecular weight excluding hydrogens is 269 g/mol. The fraction of sp³-hybridized carbons (Fsp3) is 0.286. The lowest BCUT2D eigenvalue weighted by atomic mass is 9.97. The van der Waals surface area contributed by atoms with E-state index in [1.165, 1.54) is 12.3 Å². The number of halogens is 3. The summed E-state index contributed by atoms with van der Waals surface area (Å²) >= 11 is 0. The maximum Gasteiger partial charge on any atom is 0.433 e. The van der Waals surface area contributed by atoms with Gasteiger partial charge in [-0.3, -0.25) is 4.79 Å². The molecule has 0 fully saturated rings. The van der Waals surface area contributed by atoms with Gasteiger partial charge in [-0.25, -0.2) is 4.98 Å². The number of ketones is 1. The fourth-order valence-corrected chi connectivity index (χ4v) is 2.46. The average Bonchev–Trinajstić information content (AvgIpc) is 2.83. The molecule has 0 N–H and O–H groups in total. The molecule has 0 aromatic carbocycles. The van der Waals surface area contributed by atoms with Gasteiger partial charge in [-0.2, -0.15) is 13.2 Å². The third kappa shape index (κ3) is 2.11. The van der Waals surface area contributed by atoms with Crippen LogP contribution >= 0.6 is 0 Å². The first-order valence-electron chi connectivity index (χ1n) is 6.24. The van der Waals surface area contributed by atoms with E-state index in [0.29, 0.717) is 17.7 Å². The van der Waals surface area contributed by atoms with Crippen molar-refractivity contribution in [2.24, 2.45) is 0 Å². The Bertz CT molecular complexity index is 656. The summed E-state index contributed by atoms with van der Waals surface area (Å²) in [5.74, 6) is 0.0878. The third-order valence-corrected chi connectivity index (χ3v) is 3.43. The summed E-state index contributed by atoms with van der Waals surface area (Å²) in [4.78, 5) is 15.2. The highest BCUT2D eigenvalue weighted by Crippen LogP contribution is 2.29. The van der Waals surface area contributed by atoms with E-state index < -0.39 is 11.9 Å². The second-order valence-corrected chi connectivity index (χ2v) is 4.72. The molecule has 0 saturated heterocycles. The molecule has 20 heavy (non-hydrogen) atoms. The van der Waals surface area contributed by atoms with Crippen LogP contribution in [0.2, 0.25) is 0 Å². The van der Waals surface area contributed by atoms with Crippen LogP contribution in [0.1, 0.15) is 34.6 Å². The maximum atomic E-state index is 12.5. The highest BCUT2D eigenvalue weighted by Gasteiger charge is 2.32. The van der Waals surface area contributed by atoms with Crippen LogP contribution in [0.5, 0.6) is 0 Å². The zero-order chi connectivity index (χ0) is 14.3. The Labute approximate surface area is 113 Å². The standard InChI is InChI=1S/C14H11F3N2O/c15-14(16,17)13-5-4-9(8-18-13)19-7-6-10-11(19)2-1-3-12(10)20/h4-8H,1-3H2. The third-order valence-electron chi connectivity index (χ3n) is 3.43. The number of carbonyl (C=O) groups is 1. The van der Waals surface area contributed by atoms with E-state index in [4.69, 9.17) is 0 Å². The van der Waals surface area contributed by atoms with Crippen molar-refractivity contribution in [3.8, 4) is 5.69 Å². The topological polar surface area (TPSA) is 34.9 Å². The molecule has 0 amide bonds. The molecule has 3 nitrogen and oxygen atoms in total. The molecule has 0 bridgehead atoms. The molecule has 1 aliphatic rings. The lowest BCUT2D eigenvalue weighted by Gasteiger charge is -2.15. The van der Waals surface area contributed by atoms with Crippen molar-refractivity contribution in [2.45, 2.75) is 25.4 Å². The van der Waals surface area contributed by atoms with E-state index in [0.717, 1.165) is 24.6 Å². The van der Waals surface area contributed by atoms with Crippen molar-refractivity contribution in [3.05, 3.63) is 47.5 Å². The Hall–Kier alpha value is -2.11. The summed E-state index contributed by atoms with van der Waals surface area (Å²) in [6.45, 7) is 0. The summed E-state index contributed by atoms with van der Waals surface area (Å²) in [6, 6.07) is 4.04. The van der Waals surface area contributed by atoms with Gasteiger partial charge in [0.25, 0.3) is 0 Å². The van der Waals surface area contributed by atoms with E-state index in [-0.39, 0.29) is 5.78 Å². The average molecular weight is 280 g/mol. The number of carbonyl (C=O) groups excluding carboxylic acids is 1. The molecule has 1 aliphatic carbocycles. The molecule has 104 valence electrons. The van der Waals surface area contributed by atoms with Crippen molar-refractivity contribution in [1.82, 2.24) is 9.55 Å². The summed E-state index contributed by atoms with van der Waals surface area (Å²) in [6.07, 6.45) is 0.492. The van der Waals surface area contributed by atoms with Crippen molar-refractivity contribution < 1.29 is 18.0 Å².